The Bertz CT molecular complexity index is 1860. The maximum Gasteiger partial charge on any atom is 0.274 e. The van der Waals surface area contributed by atoms with Gasteiger partial charge in [0.05, 0.1) is 22.6 Å². The van der Waals surface area contributed by atoms with Gasteiger partial charge in [-0.2, -0.15) is 5.10 Å². The van der Waals surface area contributed by atoms with E-state index in [4.69, 9.17) is 27.3 Å². The molecule has 0 unspecified atom stereocenters. The van der Waals surface area contributed by atoms with E-state index in [1.807, 2.05) is 0 Å². The summed E-state index contributed by atoms with van der Waals surface area (Å²) in [4.78, 5) is 17.4. The zero-order chi connectivity index (χ0) is 29.3. The minimum Gasteiger partial charge on any atom is -0.278 e. The molecule has 0 saturated heterocycles. The van der Waals surface area contributed by atoms with E-state index in [1.54, 1.807) is 19.9 Å². The number of pyridine rings is 2. The summed E-state index contributed by atoms with van der Waals surface area (Å²) < 4.78 is 64.2. The molecule has 0 bridgehead atoms. The molecule has 0 amide bonds. The summed E-state index contributed by atoms with van der Waals surface area (Å²) >= 11 is 13.4. The van der Waals surface area contributed by atoms with Crippen molar-refractivity contribution in [2.75, 3.05) is 6.26 Å². The van der Waals surface area contributed by atoms with Crippen molar-refractivity contribution in [3.63, 3.8) is 0 Å². The summed E-state index contributed by atoms with van der Waals surface area (Å²) in [7, 11) is -3.86. The Morgan fingerprint density at radius 3 is 2.59 bits per heavy atom. The topological polar surface area (TPSA) is 86.9 Å². The number of rotatable bonds is 5. The Hall–Kier alpha value is -3.01. The van der Waals surface area contributed by atoms with Crippen LogP contribution in [0.25, 0.3) is 16.9 Å². The number of benzene rings is 1. The number of hydrogen-bond donors (Lipinski definition) is 0. The van der Waals surface area contributed by atoms with E-state index in [1.165, 1.54) is 35.3 Å². The summed E-state index contributed by atoms with van der Waals surface area (Å²) in [6.45, 7) is 1.02. The molecule has 37 heavy (non-hydrogen) atoms. The molecule has 4 aromatic rings. The molecule has 1 saturated carbocycles. The molecule has 5 rings (SSSR count). The molecule has 1 aliphatic rings. The molecule has 3 aromatic heterocycles. The summed E-state index contributed by atoms with van der Waals surface area (Å²) in [5.41, 5.74) is 1.97. The van der Waals surface area contributed by atoms with Crippen LogP contribution in [0.4, 0.5) is 4.39 Å². The predicted octanol–water partition coefficient (Wildman–Crippen LogP) is 5.37. The Morgan fingerprint density at radius 2 is 1.92 bits per heavy atom. The highest BCUT2D eigenvalue weighted by molar-refractivity contribution is 7.90. The summed E-state index contributed by atoms with van der Waals surface area (Å²) in [6, 6.07) is 5.70. The third-order valence-corrected chi connectivity index (χ3v) is 8.45. The van der Waals surface area contributed by atoms with Crippen molar-refractivity contribution < 1.29 is 16.9 Å². The van der Waals surface area contributed by atoms with Crippen LogP contribution in [-0.2, 0) is 16.8 Å². The smallest absolute Gasteiger partial charge is 0.274 e. The Kier molecular flexibility index (Phi) is 5.40. The minimum absolute atomic E-state index is 0.0135. The number of halogens is 3. The van der Waals surface area contributed by atoms with Crippen molar-refractivity contribution in [3.8, 4) is 16.9 Å². The fourth-order valence-corrected chi connectivity index (χ4v) is 6.15. The van der Waals surface area contributed by atoms with Crippen molar-refractivity contribution in [1.29, 1.82) is 0 Å². The summed E-state index contributed by atoms with van der Waals surface area (Å²) in [6.07, 6.45) is 6.00. The van der Waals surface area contributed by atoms with Crippen LogP contribution < -0.4 is 5.56 Å². The second kappa shape index (κ2) is 9.08. The first kappa shape index (κ1) is 22.0. The predicted molar refractivity (Wildman–Crippen MR) is 141 cm³/mol. The van der Waals surface area contributed by atoms with Crippen LogP contribution in [0.15, 0.2) is 52.5 Å². The van der Waals surface area contributed by atoms with Gasteiger partial charge in [-0.05, 0) is 67.0 Å². The Morgan fingerprint density at radius 1 is 1.16 bits per heavy atom. The van der Waals surface area contributed by atoms with Crippen LogP contribution in [-0.4, -0.2) is 34.0 Å². The largest absolute Gasteiger partial charge is 0.278 e. The van der Waals surface area contributed by atoms with Crippen molar-refractivity contribution in [2.45, 2.75) is 37.0 Å². The third-order valence-electron chi connectivity index (χ3n) is 6.60. The van der Waals surface area contributed by atoms with Crippen molar-refractivity contribution in [2.24, 2.45) is 6.98 Å². The molecular formula is C26H23Cl2FN4O3S. The lowest BCUT2D eigenvalue weighted by molar-refractivity contribution is 0.572. The zero-order valence-corrected chi connectivity index (χ0v) is 22.3. The second-order valence-electron chi connectivity index (χ2n) is 9.20. The second-order valence-corrected chi connectivity index (χ2v) is 11.9. The first-order valence-electron chi connectivity index (χ1n) is 12.7. The lowest BCUT2D eigenvalue weighted by atomic mass is 10.1. The van der Waals surface area contributed by atoms with Gasteiger partial charge in [0, 0.05) is 41.0 Å². The molecule has 2 atom stereocenters. The molecule has 1 aliphatic carbocycles. The molecule has 11 heteroatoms. The highest BCUT2D eigenvalue weighted by atomic mass is 35.5. The van der Waals surface area contributed by atoms with Gasteiger partial charge in [-0.3, -0.25) is 19.0 Å². The molecular weight excluding hydrogens is 538 g/mol. The fraction of sp³-hybridized carbons (Fsp3) is 0.269. The molecule has 0 spiro atoms. The van der Waals surface area contributed by atoms with Gasteiger partial charge < -0.3 is 0 Å². The quantitative estimate of drug-likeness (QED) is 0.325. The van der Waals surface area contributed by atoms with Gasteiger partial charge >= 0.3 is 0 Å². The van der Waals surface area contributed by atoms with E-state index < -0.39 is 33.1 Å². The van der Waals surface area contributed by atoms with Gasteiger partial charge in [-0.15, -0.1) is 0 Å². The van der Waals surface area contributed by atoms with Crippen LogP contribution in [0, 0.1) is 19.7 Å². The van der Waals surface area contributed by atoms with Gasteiger partial charge in [0.2, 0.25) is 0 Å². The summed E-state index contributed by atoms with van der Waals surface area (Å²) in [5.74, 6) is -1.13. The molecule has 3 heterocycles. The van der Waals surface area contributed by atoms with Crippen molar-refractivity contribution >= 4 is 33.0 Å². The van der Waals surface area contributed by atoms with Crippen molar-refractivity contribution in [1.82, 2.24) is 19.3 Å². The van der Waals surface area contributed by atoms with Gasteiger partial charge in [0.15, 0.2) is 15.7 Å². The monoisotopic (exact) mass is 563 g/mol. The van der Waals surface area contributed by atoms with Crippen LogP contribution in [0.5, 0.6) is 0 Å². The molecule has 1 fully saturated rings. The maximum atomic E-state index is 15.3. The van der Waals surface area contributed by atoms with Gasteiger partial charge in [0.25, 0.3) is 5.56 Å². The minimum atomic E-state index is -3.86. The number of nitrogens with zero attached hydrogens (tertiary/aromatic N) is 4. The summed E-state index contributed by atoms with van der Waals surface area (Å²) in [5, 5.41) is 3.89. The molecule has 0 aliphatic heterocycles. The number of aromatic nitrogens is 4. The third kappa shape index (κ3) is 4.39. The SMILES string of the molecule is [2H]C([2H])([2H])n1cc([C@H]2C[C@@H]2c2cc(C)n(-c3c(C)cnc(-c4cccc(S(C)(=O)=O)c4F)c3Cl)c(=O)c2Cl)cn1. The lowest BCUT2D eigenvalue weighted by Crippen LogP contribution is -2.24. The fourth-order valence-electron chi connectivity index (χ4n) is 4.72. The van der Waals surface area contributed by atoms with E-state index in [-0.39, 0.29) is 38.8 Å². The maximum absolute atomic E-state index is 15.3. The normalized spacial score (nSPS) is 18.8. The van der Waals surface area contributed by atoms with Crippen LogP contribution in [0.2, 0.25) is 10.0 Å². The Labute approximate surface area is 227 Å². The van der Waals surface area contributed by atoms with Crippen LogP contribution >= 0.6 is 23.2 Å². The molecule has 0 radical (unpaired) electrons. The zero-order valence-electron chi connectivity index (χ0n) is 23.0. The van der Waals surface area contributed by atoms with Gasteiger partial charge in [-0.25, -0.2) is 12.8 Å². The van der Waals surface area contributed by atoms with E-state index in [0.29, 0.717) is 23.2 Å². The van der Waals surface area contributed by atoms with Crippen LogP contribution in [0.1, 0.15) is 44.8 Å². The van der Waals surface area contributed by atoms with Crippen molar-refractivity contribution in [3.05, 3.63) is 91.5 Å². The van der Waals surface area contributed by atoms with Gasteiger partial charge in [-0.1, -0.05) is 29.3 Å². The molecule has 7 nitrogen and oxygen atoms in total. The highest BCUT2D eigenvalue weighted by Gasteiger charge is 2.42. The van der Waals surface area contributed by atoms with Crippen LogP contribution in [0.3, 0.4) is 0 Å². The van der Waals surface area contributed by atoms with E-state index in [9.17, 15) is 13.2 Å². The molecule has 0 N–H and O–H groups in total. The average molecular weight is 564 g/mol. The molecule has 192 valence electrons. The number of sulfone groups is 1. The Balaban J connectivity index is 1.58. The standard InChI is InChI=1S/C26H23Cl2FN4O3S/c1-13-10-30-24(16-6-5-7-20(23(16)29)37(4,35)36)22(28)25(13)33-14(2)8-19(21(27)26(33)34)18-9-17(18)15-11-31-32(3)12-15/h5-8,10-12,17-18H,9H2,1-4H3/t17-,18+/m1/s1/i3D3. The first-order chi connectivity index (χ1) is 18.6. The molecule has 1 aromatic carbocycles. The number of aryl methyl sites for hydroxylation is 3. The van der Waals surface area contributed by atoms with E-state index >= 15 is 4.39 Å². The van der Waals surface area contributed by atoms with E-state index in [0.717, 1.165) is 22.6 Å². The van der Waals surface area contributed by atoms with Gasteiger partial charge in [0.1, 0.15) is 9.92 Å². The average Bonchev–Trinajstić information content (AvgIpc) is 3.47. The first-order valence-corrected chi connectivity index (χ1v) is 13.9. The number of hydrogen-bond acceptors (Lipinski definition) is 5. The lowest BCUT2D eigenvalue weighted by Gasteiger charge is -2.19. The van der Waals surface area contributed by atoms with E-state index in [2.05, 4.69) is 10.1 Å². The highest BCUT2D eigenvalue weighted by Crippen LogP contribution is 2.55.